The number of amides is 1. The standard InChI is InChI=1S/C16H20N4O/c1-12-7-9-19(10-8-12)16(21)15-17-11-20(18-15)14-6-4-3-5-13(14)2/h3-6,11-12H,7-10H2,1-2H3. The highest BCUT2D eigenvalue weighted by atomic mass is 16.2. The van der Waals surface area contributed by atoms with Crippen molar-refractivity contribution >= 4 is 5.91 Å². The van der Waals surface area contributed by atoms with Gasteiger partial charge in [-0.3, -0.25) is 4.79 Å². The van der Waals surface area contributed by atoms with E-state index in [0.29, 0.717) is 5.92 Å². The van der Waals surface area contributed by atoms with Crippen molar-refractivity contribution in [1.82, 2.24) is 19.7 Å². The maximum absolute atomic E-state index is 12.4. The van der Waals surface area contributed by atoms with E-state index in [1.165, 1.54) is 0 Å². The Morgan fingerprint density at radius 3 is 2.67 bits per heavy atom. The maximum Gasteiger partial charge on any atom is 0.293 e. The monoisotopic (exact) mass is 284 g/mol. The van der Waals surface area contributed by atoms with Crippen LogP contribution in [-0.4, -0.2) is 38.7 Å². The van der Waals surface area contributed by atoms with Crippen LogP contribution in [0.4, 0.5) is 0 Å². The molecule has 1 aromatic carbocycles. The molecule has 0 unspecified atom stereocenters. The lowest BCUT2D eigenvalue weighted by atomic mass is 9.99. The number of aromatic nitrogens is 3. The van der Waals surface area contributed by atoms with E-state index in [-0.39, 0.29) is 11.7 Å². The van der Waals surface area contributed by atoms with Gasteiger partial charge >= 0.3 is 0 Å². The predicted octanol–water partition coefficient (Wildman–Crippen LogP) is 2.45. The van der Waals surface area contributed by atoms with Crippen molar-refractivity contribution in [2.24, 2.45) is 5.92 Å². The van der Waals surface area contributed by atoms with Crippen LogP contribution in [0.1, 0.15) is 35.9 Å². The molecule has 2 heterocycles. The summed E-state index contributed by atoms with van der Waals surface area (Å²) in [6, 6.07) is 7.93. The van der Waals surface area contributed by atoms with E-state index in [1.54, 1.807) is 11.0 Å². The molecule has 1 aliphatic rings. The number of carbonyl (C=O) groups excluding carboxylic acids is 1. The zero-order chi connectivity index (χ0) is 14.8. The van der Waals surface area contributed by atoms with Crippen molar-refractivity contribution in [2.75, 3.05) is 13.1 Å². The van der Waals surface area contributed by atoms with Gasteiger partial charge in [0.15, 0.2) is 0 Å². The smallest absolute Gasteiger partial charge is 0.293 e. The van der Waals surface area contributed by atoms with Crippen LogP contribution in [0, 0.1) is 12.8 Å². The van der Waals surface area contributed by atoms with Crippen molar-refractivity contribution < 1.29 is 4.79 Å². The first-order valence-corrected chi connectivity index (χ1v) is 7.42. The Hall–Kier alpha value is -2.17. The molecule has 1 amide bonds. The van der Waals surface area contributed by atoms with E-state index in [9.17, 15) is 4.79 Å². The number of aryl methyl sites for hydroxylation is 1. The van der Waals surface area contributed by atoms with Crippen LogP contribution in [0.25, 0.3) is 5.69 Å². The fraction of sp³-hybridized carbons (Fsp3) is 0.438. The van der Waals surface area contributed by atoms with E-state index < -0.39 is 0 Å². The minimum atomic E-state index is -0.0609. The first kappa shape index (κ1) is 13.8. The number of para-hydroxylation sites is 1. The van der Waals surface area contributed by atoms with Crippen LogP contribution in [0.15, 0.2) is 30.6 Å². The van der Waals surface area contributed by atoms with Gasteiger partial charge in [-0.25, -0.2) is 9.67 Å². The molecule has 2 aromatic rings. The number of benzene rings is 1. The molecule has 0 spiro atoms. The molecule has 0 N–H and O–H groups in total. The number of rotatable bonds is 2. The lowest BCUT2D eigenvalue weighted by Crippen LogP contribution is -2.38. The summed E-state index contributed by atoms with van der Waals surface area (Å²) in [4.78, 5) is 18.5. The fourth-order valence-electron chi connectivity index (χ4n) is 2.65. The Morgan fingerprint density at radius 1 is 1.24 bits per heavy atom. The van der Waals surface area contributed by atoms with Crippen molar-refractivity contribution in [3.63, 3.8) is 0 Å². The first-order valence-electron chi connectivity index (χ1n) is 7.42. The summed E-state index contributed by atoms with van der Waals surface area (Å²) >= 11 is 0. The molecule has 1 aliphatic heterocycles. The Morgan fingerprint density at radius 2 is 1.95 bits per heavy atom. The van der Waals surface area contributed by atoms with Gasteiger partial charge in [-0.05, 0) is 37.3 Å². The minimum absolute atomic E-state index is 0.0609. The van der Waals surface area contributed by atoms with Crippen LogP contribution in [0.3, 0.4) is 0 Å². The van der Waals surface area contributed by atoms with Crippen LogP contribution in [0.2, 0.25) is 0 Å². The number of piperidine rings is 1. The summed E-state index contributed by atoms with van der Waals surface area (Å²) in [6.45, 7) is 5.86. The Bertz CT molecular complexity index is 641. The Kier molecular flexibility index (Phi) is 3.73. The van der Waals surface area contributed by atoms with Gasteiger partial charge in [0.25, 0.3) is 5.91 Å². The normalized spacial score (nSPS) is 16.2. The lowest BCUT2D eigenvalue weighted by Gasteiger charge is -2.29. The first-order chi connectivity index (χ1) is 10.1. The molecule has 3 rings (SSSR count). The zero-order valence-corrected chi connectivity index (χ0v) is 12.5. The van der Waals surface area contributed by atoms with Crippen molar-refractivity contribution in [3.05, 3.63) is 42.0 Å². The zero-order valence-electron chi connectivity index (χ0n) is 12.5. The van der Waals surface area contributed by atoms with Crippen molar-refractivity contribution in [1.29, 1.82) is 0 Å². The third-order valence-corrected chi connectivity index (χ3v) is 4.12. The van der Waals surface area contributed by atoms with Crippen LogP contribution < -0.4 is 0 Å². The summed E-state index contributed by atoms with van der Waals surface area (Å²) < 4.78 is 1.68. The van der Waals surface area contributed by atoms with Gasteiger partial charge in [0.1, 0.15) is 6.33 Å². The van der Waals surface area contributed by atoms with Crippen molar-refractivity contribution in [3.8, 4) is 5.69 Å². The molecule has 5 heteroatoms. The Labute approximate surface area is 124 Å². The van der Waals surface area contributed by atoms with Gasteiger partial charge in [-0.1, -0.05) is 25.1 Å². The van der Waals surface area contributed by atoms with Gasteiger partial charge in [0, 0.05) is 13.1 Å². The molecule has 1 aromatic heterocycles. The summed E-state index contributed by atoms with van der Waals surface area (Å²) in [7, 11) is 0. The molecule has 0 bridgehead atoms. The van der Waals surface area contributed by atoms with E-state index in [1.807, 2.05) is 36.1 Å². The second kappa shape index (κ2) is 5.68. The number of likely N-dealkylation sites (tertiary alicyclic amines) is 1. The highest BCUT2D eigenvalue weighted by Gasteiger charge is 2.24. The van der Waals surface area contributed by atoms with E-state index in [0.717, 1.165) is 37.2 Å². The highest BCUT2D eigenvalue weighted by Crippen LogP contribution is 2.18. The molecule has 0 saturated carbocycles. The number of nitrogens with zero attached hydrogens (tertiary/aromatic N) is 4. The van der Waals surface area contributed by atoms with Crippen molar-refractivity contribution in [2.45, 2.75) is 26.7 Å². The second-order valence-electron chi connectivity index (χ2n) is 5.77. The summed E-state index contributed by atoms with van der Waals surface area (Å²) in [5.74, 6) is 0.925. The number of hydrogen-bond donors (Lipinski definition) is 0. The molecule has 0 radical (unpaired) electrons. The van der Waals surface area contributed by atoms with Crippen LogP contribution in [-0.2, 0) is 0 Å². The molecule has 5 nitrogen and oxygen atoms in total. The topological polar surface area (TPSA) is 51.0 Å². The largest absolute Gasteiger partial charge is 0.336 e. The quantitative estimate of drug-likeness (QED) is 0.851. The minimum Gasteiger partial charge on any atom is -0.336 e. The second-order valence-corrected chi connectivity index (χ2v) is 5.77. The SMILES string of the molecule is Cc1ccccc1-n1cnc(C(=O)N2CCC(C)CC2)n1. The molecular formula is C16H20N4O. The number of carbonyl (C=O) groups is 1. The third kappa shape index (κ3) is 2.82. The van der Waals surface area contributed by atoms with Gasteiger partial charge in [0.05, 0.1) is 5.69 Å². The van der Waals surface area contributed by atoms with E-state index >= 15 is 0 Å². The molecule has 1 fully saturated rings. The average Bonchev–Trinajstić information content (AvgIpc) is 2.97. The van der Waals surface area contributed by atoms with E-state index in [2.05, 4.69) is 17.0 Å². The average molecular weight is 284 g/mol. The fourth-order valence-corrected chi connectivity index (χ4v) is 2.65. The molecule has 110 valence electrons. The van der Waals surface area contributed by atoms with E-state index in [4.69, 9.17) is 0 Å². The Balaban J connectivity index is 1.79. The summed E-state index contributed by atoms with van der Waals surface area (Å²) in [6.07, 6.45) is 3.73. The molecular weight excluding hydrogens is 264 g/mol. The summed E-state index contributed by atoms with van der Waals surface area (Å²) in [5.41, 5.74) is 2.06. The lowest BCUT2D eigenvalue weighted by molar-refractivity contribution is 0.0685. The van der Waals surface area contributed by atoms with Gasteiger partial charge in [-0.2, -0.15) is 0 Å². The van der Waals surface area contributed by atoms with Gasteiger partial charge < -0.3 is 4.90 Å². The van der Waals surface area contributed by atoms with Gasteiger partial charge in [0.2, 0.25) is 5.82 Å². The molecule has 0 atom stereocenters. The predicted molar refractivity (Wildman–Crippen MR) is 80.4 cm³/mol. The van der Waals surface area contributed by atoms with Crippen LogP contribution in [0.5, 0.6) is 0 Å². The molecule has 1 saturated heterocycles. The maximum atomic E-state index is 12.4. The molecule has 21 heavy (non-hydrogen) atoms. The van der Waals surface area contributed by atoms with Gasteiger partial charge in [-0.15, -0.1) is 5.10 Å². The highest BCUT2D eigenvalue weighted by molar-refractivity contribution is 5.90. The molecule has 0 aliphatic carbocycles. The third-order valence-electron chi connectivity index (χ3n) is 4.12. The summed E-state index contributed by atoms with van der Waals surface area (Å²) in [5, 5.41) is 4.35. The van der Waals surface area contributed by atoms with Crippen LogP contribution >= 0.6 is 0 Å². The number of hydrogen-bond acceptors (Lipinski definition) is 3.